The molecule has 136 valence electrons. The number of carboxylic acid groups (broad SMARTS) is 2. The van der Waals surface area contributed by atoms with Gasteiger partial charge in [0, 0.05) is 25.0 Å². The van der Waals surface area contributed by atoms with E-state index in [1.54, 1.807) is 12.1 Å². The van der Waals surface area contributed by atoms with Crippen LogP contribution in [0.4, 0.5) is 0 Å². The fourth-order valence-electron chi connectivity index (χ4n) is 1.76. The van der Waals surface area contributed by atoms with E-state index < -0.39 is 23.9 Å². The normalized spacial score (nSPS) is 8.96. The van der Waals surface area contributed by atoms with Gasteiger partial charge in [-0.15, -0.1) is 0 Å². The van der Waals surface area contributed by atoms with Crippen LogP contribution in [0, 0.1) is 0 Å². The summed E-state index contributed by atoms with van der Waals surface area (Å²) in [6, 6.07) is 11.6. The van der Waals surface area contributed by atoms with Crippen molar-refractivity contribution in [3.63, 3.8) is 0 Å². The largest absolute Gasteiger partial charge is 2.00 e. The summed E-state index contributed by atoms with van der Waals surface area (Å²) >= 11 is 0. The van der Waals surface area contributed by atoms with Gasteiger partial charge in [-0.05, 0) is 24.3 Å². The monoisotopic (exact) mass is 398 g/mol. The first-order chi connectivity index (χ1) is 12.2. The molecule has 0 aliphatic carbocycles. The summed E-state index contributed by atoms with van der Waals surface area (Å²) in [5.74, 6) is -3.83. The van der Waals surface area contributed by atoms with Crippen LogP contribution in [0.3, 0.4) is 0 Å². The minimum Gasteiger partial charge on any atom is -0.545 e. The van der Waals surface area contributed by atoms with E-state index in [2.05, 4.69) is 9.47 Å². The maximum Gasteiger partial charge on any atom is 2.00 e. The number of ether oxygens (including phenoxy) is 2. The summed E-state index contributed by atoms with van der Waals surface area (Å²) in [4.78, 5) is 42.1. The van der Waals surface area contributed by atoms with Crippen LogP contribution in [0.2, 0.25) is 0 Å². The third-order valence-corrected chi connectivity index (χ3v) is 2.72. The van der Waals surface area contributed by atoms with E-state index in [4.69, 9.17) is 0 Å². The van der Waals surface area contributed by atoms with E-state index in [1.807, 2.05) is 0 Å². The van der Waals surface area contributed by atoms with Gasteiger partial charge >= 0.3 is 49.7 Å². The van der Waals surface area contributed by atoms with E-state index in [-0.39, 0.29) is 60.4 Å². The van der Waals surface area contributed by atoms with Crippen molar-refractivity contribution in [2.45, 2.75) is 13.8 Å². The van der Waals surface area contributed by atoms with Gasteiger partial charge in [-0.3, -0.25) is 9.59 Å². The number of carboxylic acids is 2. The van der Waals surface area contributed by atoms with Crippen LogP contribution in [0.5, 0.6) is 11.5 Å². The molecule has 8 nitrogen and oxygen atoms in total. The Kier molecular flexibility index (Phi) is 11.0. The molecule has 2 aromatic carbocycles. The first-order valence-corrected chi connectivity index (χ1v) is 7.20. The van der Waals surface area contributed by atoms with Crippen LogP contribution < -0.4 is 19.7 Å². The van der Waals surface area contributed by atoms with E-state index in [0.717, 1.165) is 0 Å². The number of carbonyl (C=O) groups is 4. The van der Waals surface area contributed by atoms with Crippen molar-refractivity contribution in [3.8, 4) is 11.5 Å². The Bertz CT molecular complexity index is 762. The molecule has 0 spiro atoms. The zero-order valence-corrected chi connectivity index (χ0v) is 16.8. The molecule has 0 bridgehead atoms. The van der Waals surface area contributed by atoms with Gasteiger partial charge in [0.15, 0.2) is 0 Å². The summed E-state index contributed by atoms with van der Waals surface area (Å²) in [6.45, 7) is 2.40. The molecule has 27 heavy (non-hydrogen) atoms. The topological polar surface area (TPSA) is 133 Å². The number of hydrogen-bond donors (Lipinski definition) is 0. The standard InChI is InChI=1S/2C9H8O4.Ca/c2*1-6(10)13-8-5-3-2-4-7(8)9(11)12;/h2*2-5H,1H3,(H,11,12);/q;;+2/p-2. The van der Waals surface area contributed by atoms with Gasteiger partial charge in [-0.1, -0.05) is 24.3 Å². The van der Waals surface area contributed by atoms with Gasteiger partial charge in [0.1, 0.15) is 11.5 Å². The average Bonchev–Trinajstić information content (AvgIpc) is 2.55. The molecule has 2 rings (SSSR count). The van der Waals surface area contributed by atoms with Crippen LogP contribution in [0.1, 0.15) is 34.6 Å². The molecule has 0 aliphatic rings. The molecule has 0 fully saturated rings. The fraction of sp³-hybridized carbons (Fsp3) is 0.111. The maximum absolute atomic E-state index is 10.6. The molecule has 0 N–H and O–H groups in total. The first kappa shape index (κ1) is 24.6. The predicted octanol–water partition coefficient (Wildman–Crippen LogP) is -0.430. The van der Waals surface area contributed by atoms with Crippen molar-refractivity contribution in [2.24, 2.45) is 0 Å². The van der Waals surface area contributed by atoms with Crippen molar-refractivity contribution in [3.05, 3.63) is 59.7 Å². The van der Waals surface area contributed by atoms with Gasteiger partial charge in [0.05, 0.1) is 11.9 Å². The Morgan fingerprint density at radius 3 is 1.22 bits per heavy atom. The Balaban J connectivity index is 0.000000483. The van der Waals surface area contributed by atoms with Gasteiger partial charge in [-0.2, -0.15) is 0 Å². The average molecular weight is 398 g/mol. The Labute approximate surface area is 184 Å². The molecule has 0 unspecified atom stereocenters. The quantitative estimate of drug-likeness (QED) is 0.385. The summed E-state index contributed by atoms with van der Waals surface area (Å²) in [5.41, 5.74) is -0.254. The minimum absolute atomic E-state index is 0. The Morgan fingerprint density at radius 1 is 0.667 bits per heavy atom. The number of rotatable bonds is 4. The number of hydrogen-bond acceptors (Lipinski definition) is 8. The third-order valence-electron chi connectivity index (χ3n) is 2.72. The molecule has 0 saturated heterocycles. The number of esters is 2. The maximum atomic E-state index is 10.6. The fourth-order valence-corrected chi connectivity index (χ4v) is 1.76. The minimum atomic E-state index is -1.36. The molecule has 0 amide bonds. The van der Waals surface area contributed by atoms with Crippen LogP contribution in [0.25, 0.3) is 0 Å². The van der Waals surface area contributed by atoms with Gasteiger partial charge in [0.25, 0.3) is 0 Å². The first-order valence-electron chi connectivity index (χ1n) is 7.20. The van der Waals surface area contributed by atoms with Crippen LogP contribution in [0.15, 0.2) is 48.5 Å². The molecular formula is C18H14CaO8. The number of carbonyl (C=O) groups excluding carboxylic acids is 4. The van der Waals surface area contributed by atoms with E-state index in [1.165, 1.54) is 50.2 Å². The molecule has 0 aliphatic heterocycles. The van der Waals surface area contributed by atoms with Crippen LogP contribution in [-0.2, 0) is 9.59 Å². The van der Waals surface area contributed by atoms with Crippen LogP contribution in [-0.4, -0.2) is 61.6 Å². The van der Waals surface area contributed by atoms with Crippen molar-refractivity contribution >= 4 is 61.6 Å². The summed E-state index contributed by atoms with van der Waals surface area (Å²) < 4.78 is 9.29. The van der Waals surface area contributed by atoms with Crippen molar-refractivity contribution < 1.29 is 38.9 Å². The summed E-state index contributed by atoms with van der Waals surface area (Å²) in [7, 11) is 0. The molecule has 0 saturated carbocycles. The van der Waals surface area contributed by atoms with Gasteiger partial charge in [0.2, 0.25) is 0 Å². The van der Waals surface area contributed by atoms with Gasteiger partial charge in [-0.25, -0.2) is 0 Å². The molecular weight excluding hydrogens is 384 g/mol. The summed E-state index contributed by atoms with van der Waals surface area (Å²) in [5, 5.41) is 21.0. The van der Waals surface area contributed by atoms with E-state index >= 15 is 0 Å². The molecule has 0 heterocycles. The second-order valence-corrected chi connectivity index (χ2v) is 4.75. The van der Waals surface area contributed by atoms with Crippen molar-refractivity contribution in [1.82, 2.24) is 0 Å². The Hall–Kier alpha value is -2.42. The molecule has 0 radical (unpaired) electrons. The summed E-state index contributed by atoms with van der Waals surface area (Å²) in [6.07, 6.45) is 0. The van der Waals surface area contributed by atoms with Crippen LogP contribution >= 0.6 is 0 Å². The van der Waals surface area contributed by atoms with Crippen molar-refractivity contribution in [2.75, 3.05) is 0 Å². The van der Waals surface area contributed by atoms with Gasteiger partial charge < -0.3 is 29.3 Å². The van der Waals surface area contributed by atoms with E-state index in [9.17, 15) is 29.4 Å². The second kappa shape index (κ2) is 12.1. The van der Waals surface area contributed by atoms with E-state index in [0.29, 0.717) is 0 Å². The third kappa shape index (κ3) is 8.67. The molecule has 0 atom stereocenters. The SMILES string of the molecule is CC(=O)Oc1ccccc1C(=O)[O-].CC(=O)Oc1ccccc1C(=O)[O-].[Ca+2]. The second-order valence-electron chi connectivity index (χ2n) is 4.75. The Morgan fingerprint density at radius 2 is 0.963 bits per heavy atom. The van der Waals surface area contributed by atoms with Crippen molar-refractivity contribution in [1.29, 1.82) is 0 Å². The zero-order chi connectivity index (χ0) is 19.7. The number of para-hydroxylation sites is 2. The number of benzene rings is 2. The number of aromatic carboxylic acids is 2. The molecule has 0 aromatic heterocycles. The molecule has 2 aromatic rings. The molecule has 9 heteroatoms. The zero-order valence-electron chi connectivity index (χ0n) is 14.6. The predicted molar refractivity (Wildman–Crippen MR) is 89.9 cm³/mol. The smallest absolute Gasteiger partial charge is 0.545 e.